The number of carbonyl (C=O) groups excluding carboxylic acids is 1. The number of hydrogen-bond donors (Lipinski definition) is 1. The van der Waals surface area contributed by atoms with E-state index in [0.29, 0.717) is 17.3 Å². The highest BCUT2D eigenvalue weighted by Crippen LogP contribution is 2.31. The Kier molecular flexibility index (Phi) is 4.61. The molecule has 1 aliphatic rings. The number of nitrogens with one attached hydrogen (secondary N) is 1. The van der Waals surface area contributed by atoms with Crippen LogP contribution in [0.4, 0.5) is 0 Å². The molecule has 0 unspecified atom stereocenters. The molecule has 0 saturated carbocycles. The summed E-state index contributed by atoms with van der Waals surface area (Å²) in [6, 6.07) is 17.1. The predicted octanol–water partition coefficient (Wildman–Crippen LogP) is 2.98. The zero-order valence-electron chi connectivity index (χ0n) is 11.9. The Morgan fingerprint density at radius 3 is 2.55 bits per heavy atom. The molecule has 1 N–H and O–H groups in total. The minimum atomic E-state index is -0.346. The van der Waals surface area contributed by atoms with Crippen molar-refractivity contribution in [2.45, 2.75) is 12.2 Å². The van der Waals surface area contributed by atoms with Crippen LogP contribution in [0.25, 0.3) is 0 Å². The molecule has 114 valence electrons. The maximum Gasteiger partial charge on any atom is 0.246 e. The van der Waals surface area contributed by atoms with Crippen molar-refractivity contribution < 1.29 is 14.3 Å². The first-order valence-electron chi connectivity index (χ1n) is 7.08. The van der Waals surface area contributed by atoms with Gasteiger partial charge in [0.15, 0.2) is 6.10 Å². The van der Waals surface area contributed by atoms with Gasteiger partial charge in [0, 0.05) is 6.54 Å². The van der Waals surface area contributed by atoms with E-state index in [4.69, 9.17) is 21.1 Å². The van der Waals surface area contributed by atoms with Crippen LogP contribution in [0.15, 0.2) is 54.6 Å². The van der Waals surface area contributed by atoms with E-state index in [1.807, 2.05) is 48.5 Å². The lowest BCUT2D eigenvalue weighted by molar-refractivity contribution is -0.137. The fourth-order valence-corrected chi connectivity index (χ4v) is 2.56. The molecule has 0 aromatic heterocycles. The Morgan fingerprint density at radius 1 is 1.14 bits per heavy atom. The van der Waals surface area contributed by atoms with Crippen LogP contribution in [0.2, 0.25) is 5.02 Å². The lowest BCUT2D eigenvalue weighted by atomic mass is 10.0. The monoisotopic (exact) mass is 317 g/mol. The highest BCUT2D eigenvalue weighted by atomic mass is 35.5. The number of carbonyl (C=O) groups is 1. The molecule has 1 saturated heterocycles. The zero-order chi connectivity index (χ0) is 15.4. The molecule has 1 heterocycles. The summed E-state index contributed by atoms with van der Waals surface area (Å²) in [5.74, 6) is 0.485. The van der Waals surface area contributed by atoms with Crippen LogP contribution in [0.3, 0.4) is 0 Å². The van der Waals surface area contributed by atoms with Crippen LogP contribution >= 0.6 is 11.6 Å². The molecule has 3 rings (SSSR count). The molecule has 22 heavy (non-hydrogen) atoms. The van der Waals surface area contributed by atoms with Crippen molar-refractivity contribution in [1.29, 1.82) is 0 Å². The van der Waals surface area contributed by atoms with Gasteiger partial charge in [-0.3, -0.25) is 4.79 Å². The zero-order valence-corrected chi connectivity index (χ0v) is 12.6. The lowest BCUT2D eigenvalue weighted by Gasteiger charge is -2.31. The maximum atomic E-state index is 11.3. The third kappa shape index (κ3) is 3.40. The molecule has 1 fully saturated rings. The van der Waals surface area contributed by atoms with E-state index in [1.165, 1.54) is 0 Å². The third-order valence-electron chi connectivity index (χ3n) is 3.49. The summed E-state index contributed by atoms with van der Waals surface area (Å²) >= 11 is 6.18. The van der Waals surface area contributed by atoms with Crippen molar-refractivity contribution in [1.82, 2.24) is 5.32 Å². The number of rotatable bonds is 4. The largest absolute Gasteiger partial charge is 0.481 e. The summed E-state index contributed by atoms with van der Waals surface area (Å²) in [5, 5.41) is 3.35. The van der Waals surface area contributed by atoms with E-state index in [9.17, 15) is 4.79 Å². The van der Waals surface area contributed by atoms with Gasteiger partial charge in [-0.15, -0.1) is 0 Å². The highest BCUT2D eigenvalue weighted by Gasteiger charge is 2.30. The van der Waals surface area contributed by atoms with Gasteiger partial charge in [0.05, 0.1) is 5.02 Å². The lowest BCUT2D eigenvalue weighted by Crippen LogP contribution is -2.46. The quantitative estimate of drug-likeness (QED) is 0.943. The summed E-state index contributed by atoms with van der Waals surface area (Å²) in [4.78, 5) is 11.3. The van der Waals surface area contributed by atoms with E-state index in [-0.39, 0.29) is 24.7 Å². The fraction of sp³-hybridized carbons (Fsp3) is 0.235. The van der Waals surface area contributed by atoms with Gasteiger partial charge in [0.1, 0.15) is 18.5 Å². The first-order chi connectivity index (χ1) is 10.7. The number of amides is 1. The standard InChI is InChI=1S/C17H16ClNO3/c18-13-8-4-5-9-14(13)22-17(12-6-2-1-3-7-12)15-10-19-16(20)11-21-15/h1-9,15,17H,10-11H2,(H,19,20)/t15-,17-/m0/s1. The van der Waals surface area contributed by atoms with Crippen molar-refractivity contribution in [2.24, 2.45) is 0 Å². The Labute approximate surface area is 134 Å². The third-order valence-corrected chi connectivity index (χ3v) is 3.80. The van der Waals surface area contributed by atoms with Crippen LogP contribution in [0, 0.1) is 0 Å². The van der Waals surface area contributed by atoms with E-state index in [1.54, 1.807) is 6.07 Å². The van der Waals surface area contributed by atoms with Crippen LogP contribution in [-0.2, 0) is 9.53 Å². The minimum absolute atomic E-state index is 0.0415. The van der Waals surface area contributed by atoms with Gasteiger partial charge in [-0.25, -0.2) is 0 Å². The molecule has 2 aromatic rings. The van der Waals surface area contributed by atoms with Crippen molar-refractivity contribution in [3.63, 3.8) is 0 Å². The number of morpholine rings is 1. The summed E-state index contributed by atoms with van der Waals surface area (Å²) in [6.45, 7) is 0.447. The Morgan fingerprint density at radius 2 is 1.86 bits per heavy atom. The predicted molar refractivity (Wildman–Crippen MR) is 84.0 cm³/mol. The average Bonchev–Trinajstić information content (AvgIpc) is 2.56. The smallest absolute Gasteiger partial charge is 0.246 e. The van der Waals surface area contributed by atoms with E-state index in [0.717, 1.165) is 5.56 Å². The average molecular weight is 318 g/mol. The summed E-state index contributed by atoms with van der Waals surface area (Å²) in [6.07, 6.45) is -0.613. The topological polar surface area (TPSA) is 47.6 Å². The number of hydrogen-bond acceptors (Lipinski definition) is 3. The number of benzene rings is 2. The molecule has 2 atom stereocenters. The number of ether oxygens (including phenoxy) is 2. The van der Waals surface area contributed by atoms with Gasteiger partial charge in [-0.05, 0) is 17.7 Å². The molecule has 0 aliphatic carbocycles. The van der Waals surface area contributed by atoms with Gasteiger partial charge in [-0.1, -0.05) is 54.1 Å². The second kappa shape index (κ2) is 6.81. The van der Waals surface area contributed by atoms with E-state index >= 15 is 0 Å². The first kappa shape index (κ1) is 14.9. The second-order valence-corrected chi connectivity index (χ2v) is 5.44. The van der Waals surface area contributed by atoms with Crippen LogP contribution in [0.5, 0.6) is 5.75 Å². The Balaban J connectivity index is 1.86. The summed E-state index contributed by atoms with van der Waals surface area (Å²) in [7, 11) is 0. The van der Waals surface area contributed by atoms with E-state index in [2.05, 4.69) is 5.32 Å². The second-order valence-electron chi connectivity index (χ2n) is 5.03. The fourth-order valence-electron chi connectivity index (χ4n) is 2.38. The van der Waals surface area contributed by atoms with Crippen molar-refractivity contribution in [2.75, 3.05) is 13.2 Å². The normalized spacial score (nSPS) is 19.3. The number of halogens is 1. The van der Waals surface area contributed by atoms with Gasteiger partial charge in [-0.2, -0.15) is 0 Å². The molecule has 4 nitrogen and oxygen atoms in total. The van der Waals surface area contributed by atoms with Crippen LogP contribution in [-0.4, -0.2) is 25.2 Å². The van der Waals surface area contributed by atoms with Gasteiger partial charge in [0.25, 0.3) is 0 Å². The van der Waals surface area contributed by atoms with Crippen LogP contribution < -0.4 is 10.1 Å². The summed E-state index contributed by atoms with van der Waals surface area (Å²) < 4.78 is 11.7. The van der Waals surface area contributed by atoms with Gasteiger partial charge in [0.2, 0.25) is 5.91 Å². The molecular formula is C17H16ClNO3. The Hall–Kier alpha value is -2.04. The van der Waals surface area contributed by atoms with Crippen LogP contribution in [0.1, 0.15) is 11.7 Å². The first-order valence-corrected chi connectivity index (χ1v) is 7.46. The van der Waals surface area contributed by atoms with Gasteiger partial charge >= 0.3 is 0 Å². The molecule has 1 amide bonds. The maximum absolute atomic E-state index is 11.3. The molecule has 0 spiro atoms. The SMILES string of the molecule is O=C1CO[C@H]([C@@H](Oc2ccccc2Cl)c2ccccc2)CN1. The van der Waals surface area contributed by atoms with Crippen molar-refractivity contribution >= 4 is 17.5 Å². The highest BCUT2D eigenvalue weighted by molar-refractivity contribution is 6.32. The number of para-hydroxylation sites is 1. The molecule has 0 radical (unpaired) electrons. The van der Waals surface area contributed by atoms with E-state index < -0.39 is 0 Å². The van der Waals surface area contributed by atoms with Crippen molar-refractivity contribution in [3.05, 3.63) is 65.2 Å². The molecule has 2 aromatic carbocycles. The minimum Gasteiger partial charge on any atom is -0.481 e. The molecule has 1 aliphatic heterocycles. The molecular weight excluding hydrogens is 302 g/mol. The van der Waals surface area contributed by atoms with Gasteiger partial charge < -0.3 is 14.8 Å². The van der Waals surface area contributed by atoms with Crippen molar-refractivity contribution in [3.8, 4) is 5.75 Å². The molecule has 0 bridgehead atoms. The summed E-state index contributed by atoms with van der Waals surface area (Å²) in [5.41, 5.74) is 0.976. The Bertz CT molecular complexity index is 637. The molecule has 5 heteroatoms.